The lowest BCUT2D eigenvalue weighted by atomic mass is 9.97. The quantitative estimate of drug-likeness (QED) is 0.674. The molecule has 0 heterocycles. The molecule has 2 nitrogen and oxygen atoms in total. The van der Waals surface area contributed by atoms with Crippen molar-refractivity contribution in [1.82, 2.24) is 0 Å². The van der Waals surface area contributed by atoms with E-state index in [0.29, 0.717) is 5.25 Å². The summed E-state index contributed by atoms with van der Waals surface area (Å²) in [5.74, 6) is 0.766. The number of hydrogen-bond acceptors (Lipinski definition) is 3. The van der Waals surface area contributed by atoms with Crippen LogP contribution in [0, 0.1) is 0 Å². The summed E-state index contributed by atoms with van der Waals surface area (Å²) < 4.78 is 0. The highest BCUT2D eigenvalue weighted by Gasteiger charge is 2.22. The molecule has 0 unspecified atom stereocenters. The van der Waals surface area contributed by atoms with Crippen LogP contribution in [0.5, 0.6) is 0 Å². The zero-order valence-corrected chi connectivity index (χ0v) is 7.52. The van der Waals surface area contributed by atoms with Crippen LogP contribution < -0.4 is 0 Å². The van der Waals surface area contributed by atoms with Gasteiger partial charge in [-0.15, -0.1) is 0 Å². The smallest absolute Gasteiger partial charge is 0.0658 e. The first-order valence-electron chi connectivity index (χ1n) is 4.25. The zero-order chi connectivity index (χ0) is 8.10. The van der Waals surface area contributed by atoms with Crippen molar-refractivity contribution in [2.24, 2.45) is 0 Å². The summed E-state index contributed by atoms with van der Waals surface area (Å²) in [6.07, 6.45) is 4.34. The summed E-state index contributed by atoms with van der Waals surface area (Å²) in [5.41, 5.74) is 0. The van der Waals surface area contributed by atoms with Crippen LogP contribution in [0.3, 0.4) is 0 Å². The van der Waals surface area contributed by atoms with Gasteiger partial charge in [0.1, 0.15) is 0 Å². The van der Waals surface area contributed by atoms with E-state index in [4.69, 9.17) is 5.11 Å². The molecule has 1 aliphatic rings. The highest BCUT2D eigenvalue weighted by Crippen LogP contribution is 2.28. The molecule has 0 aliphatic heterocycles. The molecule has 0 bridgehead atoms. The lowest BCUT2D eigenvalue weighted by Crippen LogP contribution is -2.27. The second kappa shape index (κ2) is 5.01. The third-order valence-electron chi connectivity index (χ3n) is 2.09. The average molecular weight is 176 g/mol. The molecule has 2 atom stereocenters. The highest BCUT2D eigenvalue weighted by molar-refractivity contribution is 7.99. The van der Waals surface area contributed by atoms with Crippen molar-refractivity contribution >= 4 is 11.8 Å². The molecule has 0 aromatic carbocycles. The molecule has 1 rings (SSSR count). The molecule has 0 aromatic rings. The molecule has 0 radical (unpaired) electrons. The van der Waals surface area contributed by atoms with Crippen molar-refractivity contribution in [3.8, 4) is 0 Å². The van der Waals surface area contributed by atoms with E-state index in [0.717, 1.165) is 25.0 Å². The minimum absolute atomic E-state index is 0.125. The van der Waals surface area contributed by atoms with Gasteiger partial charge < -0.3 is 10.2 Å². The van der Waals surface area contributed by atoms with Crippen LogP contribution in [-0.4, -0.2) is 33.9 Å². The molecule has 0 spiro atoms. The van der Waals surface area contributed by atoms with Crippen LogP contribution in [0.2, 0.25) is 0 Å². The molecule has 0 aromatic heterocycles. The van der Waals surface area contributed by atoms with Crippen LogP contribution in [0.25, 0.3) is 0 Å². The Kier molecular flexibility index (Phi) is 4.26. The van der Waals surface area contributed by atoms with Gasteiger partial charge in [-0.05, 0) is 12.8 Å². The SMILES string of the molecule is OCCS[C@@H]1CCCC[C@H]1O. The normalized spacial score (nSPS) is 32.2. The Morgan fingerprint density at radius 2 is 2.00 bits per heavy atom. The number of thioether (sulfide) groups is 1. The third kappa shape index (κ3) is 3.01. The van der Waals surface area contributed by atoms with Crippen LogP contribution in [0.1, 0.15) is 25.7 Å². The van der Waals surface area contributed by atoms with E-state index in [1.54, 1.807) is 11.8 Å². The van der Waals surface area contributed by atoms with E-state index in [1.807, 2.05) is 0 Å². The van der Waals surface area contributed by atoms with Gasteiger partial charge in [-0.2, -0.15) is 11.8 Å². The second-order valence-corrected chi connectivity index (χ2v) is 4.33. The Labute approximate surface area is 72.0 Å². The van der Waals surface area contributed by atoms with Gasteiger partial charge in [0.2, 0.25) is 0 Å². The fraction of sp³-hybridized carbons (Fsp3) is 1.00. The molecule has 2 N–H and O–H groups in total. The summed E-state index contributed by atoms with van der Waals surface area (Å²) in [6.45, 7) is 0.230. The van der Waals surface area contributed by atoms with E-state index in [2.05, 4.69) is 0 Å². The number of aliphatic hydroxyl groups excluding tert-OH is 2. The van der Waals surface area contributed by atoms with E-state index in [9.17, 15) is 5.11 Å². The fourth-order valence-corrected chi connectivity index (χ4v) is 2.58. The van der Waals surface area contributed by atoms with Crippen molar-refractivity contribution in [2.75, 3.05) is 12.4 Å². The van der Waals surface area contributed by atoms with Gasteiger partial charge in [-0.3, -0.25) is 0 Å². The molecular formula is C8H16O2S. The average Bonchev–Trinajstić information content (AvgIpc) is 2.03. The zero-order valence-electron chi connectivity index (χ0n) is 6.70. The van der Waals surface area contributed by atoms with Crippen molar-refractivity contribution in [1.29, 1.82) is 0 Å². The third-order valence-corrected chi connectivity index (χ3v) is 3.49. The number of hydrogen-bond donors (Lipinski definition) is 2. The maximum absolute atomic E-state index is 9.49. The molecule has 0 amide bonds. The lowest BCUT2D eigenvalue weighted by molar-refractivity contribution is 0.137. The molecule has 66 valence electrons. The first-order valence-corrected chi connectivity index (χ1v) is 5.30. The van der Waals surface area contributed by atoms with Gasteiger partial charge in [-0.1, -0.05) is 12.8 Å². The lowest BCUT2D eigenvalue weighted by Gasteiger charge is -2.26. The minimum Gasteiger partial charge on any atom is -0.396 e. The summed E-state index contributed by atoms with van der Waals surface area (Å²) in [7, 11) is 0. The topological polar surface area (TPSA) is 40.5 Å². The van der Waals surface area contributed by atoms with Crippen LogP contribution >= 0.6 is 11.8 Å². The summed E-state index contributed by atoms with van der Waals surface area (Å²) >= 11 is 1.71. The van der Waals surface area contributed by atoms with E-state index in [-0.39, 0.29) is 12.7 Å². The molecule has 0 saturated heterocycles. The van der Waals surface area contributed by atoms with Crippen molar-refractivity contribution in [3.63, 3.8) is 0 Å². The Balaban J connectivity index is 2.18. The van der Waals surface area contributed by atoms with Gasteiger partial charge in [0.05, 0.1) is 12.7 Å². The fourth-order valence-electron chi connectivity index (χ4n) is 1.48. The largest absolute Gasteiger partial charge is 0.396 e. The van der Waals surface area contributed by atoms with Gasteiger partial charge in [-0.25, -0.2) is 0 Å². The van der Waals surface area contributed by atoms with Crippen LogP contribution in [-0.2, 0) is 0 Å². The van der Waals surface area contributed by atoms with Crippen molar-refractivity contribution in [3.05, 3.63) is 0 Å². The molecular weight excluding hydrogens is 160 g/mol. The predicted octanol–water partition coefficient (Wildman–Crippen LogP) is 1.02. The first-order chi connectivity index (χ1) is 5.34. The molecule has 3 heteroatoms. The monoisotopic (exact) mass is 176 g/mol. The molecule has 1 fully saturated rings. The van der Waals surface area contributed by atoms with Crippen molar-refractivity contribution in [2.45, 2.75) is 37.0 Å². The molecule has 1 saturated carbocycles. The van der Waals surface area contributed by atoms with E-state index >= 15 is 0 Å². The van der Waals surface area contributed by atoms with Gasteiger partial charge in [0, 0.05) is 11.0 Å². The van der Waals surface area contributed by atoms with Gasteiger partial charge in [0.25, 0.3) is 0 Å². The summed E-state index contributed by atoms with van der Waals surface area (Å²) in [5, 5.41) is 18.5. The van der Waals surface area contributed by atoms with Crippen LogP contribution in [0.4, 0.5) is 0 Å². The first kappa shape index (κ1) is 9.36. The van der Waals surface area contributed by atoms with Crippen LogP contribution in [0.15, 0.2) is 0 Å². The summed E-state index contributed by atoms with van der Waals surface area (Å²) in [6, 6.07) is 0. The standard InChI is InChI=1S/C8H16O2S/c9-5-6-11-8-4-2-1-3-7(8)10/h7-10H,1-6H2/t7-,8-/m1/s1. The highest BCUT2D eigenvalue weighted by atomic mass is 32.2. The van der Waals surface area contributed by atoms with Gasteiger partial charge >= 0.3 is 0 Å². The minimum atomic E-state index is -0.125. The van der Waals surface area contributed by atoms with Gasteiger partial charge in [0.15, 0.2) is 0 Å². The predicted molar refractivity (Wildman–Crippen MR) is 47.8 cm³/mol. The second-order valence-electron chi connectivity index (χ2n) is 2.98. The molecule has 1 aliphatic carbocycles. The maximum atomic E-state index is 9.49. The summed E-state index contributed by atoms with van der Waals surface area (Å²) in [4.78, 5) is 0. The Bertz CT molecular complexity index is 108. The number of rotatable bonds is 3. The maximum Gasteiger partial charge on any atom is 0.0658 e. The Morgan fingerprint density at radius 1 is 1.27 bits per heavy atom. The molecule has 11 heavy (non-hydrogen) atoms. The van der Waals surface area contributed by atoms with Crippen molar-refractivity contribution < 1.29 is 10.2 Å². The Morgan fingerprint density at radius 3 is 2.64 bits per heavy atom. The number of aliphatic hydroxyl groups is 2. The van der Waals surface area contributed by atoms with E-state index in [1.165, 1.54) is 6.42 Å². The van der Waals surface area contributed by atoms with E-state index < -0.39 is 0 Å². The Hall–Kier alpha value is 0.270.